The number of nitrogens with zero attached hydrogens (tertiary/aromatic N) is 4. The lowest BCUT2D eigenvalue weighted by atomic mass is 10.1. The molecule has 0 atom stereocenters. The lowest BCUT2D eigenvalue weighted by Gasteiger charge is -2.34. The van der Waals surface area contributed by atoms with Crippen LogP contribution in [0.2, 0.25) is 0 Å². The van der Waals surface area contributed by atoms with Crippen LogP contribution in [0, 0.1) is 11.6 Å². The molecule has 0 saturated carbocycles. The quantitative estimate of drug-likeness (QED) is 0.739. The van der Waals surface area contributed by atoms with Crippen LogP contribution in [0.3, 0.4) is 0 Å². The summed E-state index contributed by atoms with van der Waals surface area (Å²) in [6, 6.07) is 5.05. The van der Waals surface area contributed by atoms with Crippen molar-refractivity contribution in [1.82, 2.24) is 13.9 Å². The normalized spacial score (nSPS) is 16.6. The van der Waals surface area contributed by atoms with Gasteiger partial charge in [-0.05, 0) is 42.7 Å². The summed E-state index contributed by atoms with van der Waals surface area (Å²) in [5, 5.41) is 10.1. The Kier molecular flexibility index (Phi) is 6.22. The molecule has 3 rings (SSSR count). The fourth-order valence-corrected chi connectivity index (χ4v) is 4.23. The fraction of sp³-hybridized carbons (Fsp3) is 0.368. The van der Waals surface area contributed by atoms with Gasteiger partial charge in [-0.1, -0.05) is 0 Å². The molecule has 0 radical (unpaired) electrons. The van der Waals surface area contributed by atoms with Gasteiger partial charge in [0.2, 0.25) is 10.0 Å². The third-order valence-electron chi connectivity index (χ3n) is 5.06. The van der Waals surface area contributed by atoms with Gasteiger partial charge in [0.15, 0.2) is 5.49 Å². The first-order valence-corrected chi connectivity index (χ1v) is 11.0. The smallest absolute Gasteiger partial charge is 0.345 e. The predicted octanol–water partition coefficient (Wildman–Crippen LogP) is 2.05. The van der Waals surface area contributed by atoms with Gasteiger partial charge in [0, 0.05) is 37.8 Å². The Labute approximate surface area is 172 Å². The molecule has 8 nitrogen and oxygen atoms in total. The Hall–Kier alpha value is -2.79. The van der Waals surface area contributed by atoms with Crippen molar-refractivity contribution in [2.45, 2.75) is 18.9 Å². The van der Waals surface area contributed by atoms with E-state index in [-0.39, 0.29) is 17.1 Å². The summed E-state index contributed by atoms with van der Waals surface area (Å²) in [6.07, 6.45) is 3.31. The number of urea groups is 1. The van der Waals surface area contributed by atoms with Gasteiger partial charge in [-0.15, -0.1) is 0 Å². The first-order valence-electron chi connectivity index (χ1n) is 9.19. The largest absolute Gasteiger partial charge is 0.427 e. The van der Waals surface area contributed by atoms with E-state index in [0.717, 1.165) is 24.5 Å². The maximum atomic E-state index is 13.4. The monoisotopic (exact) mass is 440 g/mol. The second-order valence-electron chi connectivity index (χ2n) is 7.18. The molecule has 1 N–H and O–H groups in total. The average Bonchev–Trinajstić information content (AvgIpc) is 2.67. The van der Waals surface area contributed by atoms with E-state index in [0.29, 0.717) is 36.2 Å². The van der Waals surface area contributed by atoms with E-state index in [1.165, 1.54) is 27.5 Å². The molecule has 0 spiro atoms. The van der Waals surface area contributed by atoms with E-state index >= 15 is 0 Å². The first-order chi connectivity index (χ1) is 14.0. The Bertz CT molecular complexity index is 1110. The summed E-state index contributed by atoms with van der Waals surface area (Å²) in [5.41, 5.74) is 0.507. The number of pyridine rings is 1. The van der Waals surface area contributed by atoms with Gasteiger partial charge in [-0.3, -0.25) is 0 Å². The number of carbonyl (C=O) groups excluding carboxylic acids is 1. The molecule has 0 unspecified atom stereocenters. The molecular formula is C19H22F2N4O4S. The topological polar surface area (TPSA) is 95.2 Å². The van der Waals surface area contributed by atoms with Crippen LogP contribution in [0.4, 0.5) is 13.6 Å². The van der Waals surface area contributed by atoms with Crippen LogP contribution in [-0.2, 0) is 10.0 Å². The zero-order valence-electron chi connectivity index (χ0n) is 16.5. The number of carbonyl (C=O) groups is 1. The molecule has 1 aromatic heterocycles. The highest BCUT2D eigenvalue weighted by molar-refractivity contribution is 7.88. The van der Waals surface area contributed by atoms with Gasteiger partial charge in [0.25, 0.3) is 0 Å². The van der Waals surface area contributed by atoms with Crippen molar-refractivity contribution >= 4 is 16.1 Å². The van der Waals surface area contributed by atoms with Crippen LogP contribution in [0.15, 0.2) is 41.5 Å². The number of sulfonamides is 1. The van der Waals surface area contributed by atoms with E-state index in [1.54, 1.807) is 7.05 Å². The minimum atomic E-state index is -3.26. The number of piperidine rings is 1. The van der Waals surface area contributed by atoms with Crippen LogP contribution in [0.1, 0.15) is 12.8 Å². The average molecular weight is 440 g/mol. The van der Waals surface area contributed by atoms with Gasteiger partial charge in [0.1, 0.15) is 11.6 Å². The highest BCUT2D eigenvalue weighted by atomic mass is 32.2. The number of hydrogen-bond acceptors (Lipinski definition) is 4. The van der Waals surface area contributed by atoms with Crippen molar-refractivity contribution in [2.24, 2.45) is 4.99 Å². The number of benzene rings is 1. The number of halogens is 2. The Morgan fingerprint density at radius 2 is 1.73 bits per heavy atom. The number of hydrogen-bond donors (Lipinski definition) is 1. The van der Waals surface area contributed by atoms with Gasteiger partial charge < -0.3 is 10.1 Å². The first kappa shape index (κ1) is 21.9. The van der Waals surface area contributed by atoms with E-state index in [2.05, 4.69) is 4.99 Å². The third-order valence-corrected chi connectivity index (χ3v) is 6.36. The maximum Gasteiger partial charge on any atom is 0.345 e. The molecule has 11 heteroatoms. The van der Waals surface area contributed by atoms with Crippen LogP contribution < -0.4 is 5.49 Å². The van der Waals surface area contributed by atoms with E-state index in [9.17, 15) is 27.2 Å². The molecule has 1 saturated heterocycles. The zero-order chi connectivity index (χ0) is 22.1. The molecule has 2 heterocycles. The number of aromatic nitrogens is 1. The van der Waals surface area contributed by atoms with Crippen LogP contribution >= 0.6 is 0 Å². The second-order valence-corrected chi connectivity index (χ2v) is 9.16. The molecule has 1 aliphatic rings. The van der Waals surface area contributed by atoms with Crippen molar-refractivity contribution in [3.05, 3.63) is 53.7 Å². The second kappa shape index (κ2) is 8.52. The third kappa shape index (κ3) is 5.03. The summed E-state index contributed by atoms with van der Waals surface area (Å²) in [7, 11) is -1.69. The molecule has 2 aromatic rings. The molecule has 30 heavy (non-hydrogen) atoms. The van der Waals surface area contributed by atoms with Crippen LogP contribution in [0.5, 0.6) is 0 Å². The van der Waals surface area contributed by atoms with Crippen molar-refractivity contribution in [2.75, 3.05) is 26.4 Å². The van der Waals surface area contributed by atoms with E-state index in [4.69, 9.17) is 0 Å². The molecule has 1 aliphatic heterocycles. The molecule has 0 bridgehead atoms. The Morgan fingerprint density at radius 3 is 2.27 bits per heavy atom. The van der Waals surface area contributed by atoms with E-state index in [1.807, 2.05) is 0 Å². The highest BCUT2D eigenvalue weighted by Crippen LogP contribution is 2.21. The Morgan fingerprint density at radius 1 is 1.13 bits per heavy atom. The fourth-order valence-electron chi connectivity index (χ4n) is 3.36. The molecule has 0 aliphatic carbocycles. The Balaban J connectivity index is 1.75. The zero-order valence-corrected chi connectivity index (χ0v) is 17.3. The molecular weight excluding hydrogens is 418 g/mol. The van der Waals surface area contributed by atoms with Gasteiger partial charge in [-0.2, -0.15) is 9.72 Å². The SMILES string of the molecule is CN(C(=O)N=c1ccc(-c2cc(F)cc(F)c2)cn1O)C1CCN(S(C)(=O)=O)CC1. The van der Waals surface area contributed by atoms with Gasteiger partial charge in [0.05, 0.1) is 12.5 Å². The highest BCUT2D eigenvalue weighted by Gasteiger charge is 2.28. The van der Waals surface area contributed by atoms with Gasteiger partial charge >= 0.3 is 6.03 Å². The lowest BCUT2D eigenvalue weighted by molar-refractivity contribution is 0.160. The summed E-state index contributed by atoms with van der Waals surface area (Å²) in [5.74, 6) is -1.50. The number of rotatable bonds is 3. The van der Waals surface area contributed by atoms with Crippen molar-refractivity contribution in [3.8, 4) is 11.1 Å². The summed E-state index contributed by atoms with van der Waals surface area (Å²) in [6.45, 7) is 0.639. The predicted molar refractivity (Wildman–Crippen MR) is 105 cm³/mol. The van der Waals surface area contributed by atoms with Crippen molar-refractivity contribution in [1.29, 1.82) is 0 Å². The van der Waals surface area contributed by atoms with Crippen molar-refractivity contribution < 1.29 is 27.2 Å². The number of amides is 2. The molecule has 162 valence electrons. The minimum absolute atomic E-state index is 0.0546. The molecule has 2 amide bonds. The standard InChI is InChI=1S/C19H22F2N4O4S/c1-23(17-5-7-24(8-6-17)30(2,28)29)19(26)22-18-4-3-13(12-25(18)27)14-9-15(20)11-16(21)10-14/h3-4,9-12,17,27H,5-8H2,1-2H3. The minimum Gasteiger partial charge on any atom is -0.427 e. The molecule has 1 aromatic carbocycles. The van der Waals surface area contributed by atoms with Crippen LogP contribution in [0.25, 0.3) is 11.1 Å². The van der Waals surface area contributed by atoms with Crippen molar-refractivity contribution in [3.63, 3.8) is 0 Å². The summed E-state index contributed by atoms with van der Waals surface area (Å²) in [4.78, 5) is 17.8. The van der Waals surface area contributed by atoms with E-state index < -0.39 is 27.7 Å². The lowest BCUT2D eigenvalue weighted by Crippen LogP contribution is -2.46. The van der Waals surface area contributed by atoms with Gasteiger partial charge in [-0.25, -0.2) is 26.3 Å². The molecule has 1 fully saturated rings. The summed E-state index contributed by atoms with van der Waals surface area (Å²) < 4.78 is 52.0. The van der Waals surface area contributed by atoms with Crippen LogP contribution in [-0.4, -0.2) is 66.0 Å². The maximum absolute atomic E-state index is 13.4. The summed E-state index contributed by atoms with van der Waals surface area (Å²) >= 11 is 0.